The first-order valence-corrected chi connectivity index (χ1v) is 6.82. The van der Waals surface area contributed by atoms with Crippen molar-refractivity contribution in [3.05, 3.63) is 0 Å². The summed E-state index contributed by atoms with van der Waals surface area (Å²) in [4.78, 5) is 15.7. The second-order valence-electron chi connectivity index (χ2n) is 4.87. The minimum absolute atomic E-state index is 0.0869. The van der Waals surface area contributed by atoms with E-state index in [1.165, 1.54) is 38.9 Å². The summed E-state index contributed by atoms with van der Waals surface area (Å²) < 4.78 is 0. The van der Waals surface area contributed by atoms with E-state index in [1.807, 2.05) is 4.90 Å². The molecule has 17 heavy (non-hydrogen) atoms. The Balaban J connectivity index is 1.42. The Morgan fingerprint density at radius 2 is 1.94 bits per heavy atom. The Morgan fingerprint density at radius 1 is 1.12 bits per heavy atom. The predicted octanol–water partition coefficient (Wildman–Crippen LogP) is 0.0871. The number of hydrogen-bond acceptors (Lipinski definition) is 3. The van der Waals surface area contributed by atoms with Crippen LogP contribution in [0.1, 0.15) is 19.3 Å². The monoisotopic (exact) mass is 240 g/mol. The van der Waals surface area contributed by atoms with E-state index in [2.05, 4.69) is 15.5 Å². The standard InChI is InChI=1S/C12H24N4O/c17-12-14-6-11-16(12)10-5-13-4-3-9-15-7-1-2-8-15/h13H,1-11H2,(H,14,17). The third-order valence-corrected chi connectivity index (χ3v) is 3.53. The van der Waals surface area contributed by atoms with Crippen LogP contribution in [0, 0.1) is 0 Å². The second kappa shape index (κ2) is 6.81. The van der Waals surface area contributed by atoms with E-state index in [9.17, 15) is 4.79 Å². The molecule has 5 nitrogen and oxygen atoms in total. The highest BCUT2D eigenvalue weighted by Crippen LogP contribution is 2.06. The van der Waals surface area contributed by atoms with Crippen molar-refractivity contribution >= 4 is 6.03 Å². The topological polar surface area (TPSA) is 47.6 Å². The van der Waals surface area contributed by atoms with Crippen LogP contribution < -0.4 is 10.6 Å². The van der Waals surface area contributed by atoms with Crippen molar-refractivity contribution < 1.29 is 4.79 Å². The second-order valence-corrected chi connectivity index (χ2v) is 4.87. The van der Waals surface area contributed by atoms with Crippen LogP contribution in [0.15, 0.2) is 0 Å². The normalized spacial score (nSPS) is 21.2. The molecule has 2 heterocycles. The molecule has 2 rings (SSSR count). The van der Waals surface area contributed by atoms with Crippen LogP contribution in [-0.2, 0) is 0 Å². The van der Waals surface area contributed by atoms with Gasteiger partial charge >= 0.3 is 6.03 Å². The van der Waals surface area contributed by atoms with Crippen LogP contribution in [0.3, 0.4) is 0 Å². The fourth-order valence-corrected chi connectivity index (χ4v) is 2.50. The summed E-state index contributed by atoms with van der Waals surface area (Å²) in [5, 5.41) is 6.22. The van der Waals surface area contributed by atoms with Gasteiger partial charge in [-0.3, -0.25) is 0 Å². The van der Waals surface area contributed by atoms with E-state index in [0.717, 1.165) is 32.7 Å². The molecule has 98 valence electrons. The molecule has 2 aliphatic rings. The molecule has 2 saturated heterocycles. The molecule has 0 radical (unpaired) electrons. The Bertz CT molecular complexity index is 241. The van der Waals surface area contributed by atoms with Gasteiger partial charge in [-0.1, -0.05) is 0 Å². The lowest BCUT2D eigenvalue weighted by molar-refractivity contribution is 0.217. The van der Waals surface area contributed by atoms with Gasteiger partial charge in [0, 0.05) is 26.2 Å². The maximum Gasteiger partial charge on any atom is 0.317 e. The summed E-state index contributed by atoms with van der Waals surface area (Å²) in [6.07, 6.45) is 3.96. The fourth-order valence-electron chi connectivity index (χ4n) is 2.50. The molecule has 2 fully saturated rings. The third-order valence-electron chi connectivity index (χ3n) is 3.53. The number of urea groups is 1. The van der Waals surface area contributed by atoms with Crippen molar-refractivity contribution in [1.29, 1.82) is 0 Å². The first-order valence-electron chi connectivity index (χ1n) is 6.82. The number of carbonyl (C=O) groups excluding carboxylic acids is 1. The number of hydrogen-bond donors (Lipinski definition) is 2. The molecule has 0 aromatic carbocycles. The summed E-state index contributed by atoms with van der Waals surface area (Å²) in [5.41, 5.74) is 0. The molecular formula is C12H24N4O. The van der Waals surface area contributed by atoms with Crippen LogP contribution >= 0.6 is 0 Å². The van der Waals surface area contributed by atoms with Crippen LogP contribution in [-0.4, -0.2) is 68.2 Å². The number of likely N-dealkylation sites (tertiary alicyclic amines) is 1. The molecule has 0 aliphatic carbocycles. The molecule has 0 spiro atoms. The highest BCUT2D eigenvalue weighted by Gasteiger charge is 2.18. The summed E-state index contributed by atoms with van der Waals surface area (Å²) in [6.45, 7) is 8.25. The molecule has 2 amide bonds. The van der Waals surface area contributed by atoms with Crippen molar-refractivity contribution in [2.45, 2.75) is 19.3 Å². The van der Waals surface area contributed by atoms with Crippen LogP contribution in [0.2, 0.25) is 0 Å². The molecule has 0 aromatic heterocycles. The van der Waals surface area contributed by atoms with Crippen LogP contribution in [0.4, 0.5) is 4.79 Å². The molecule has 2 N–H and O–H groups in total. The number of nitrogens with one attached hydrogen (secondary N) is 2. The van der Waals surface area contributed by atoms with Crippen molar-refractivity contribution in [2.24, 2.45) is 0 Å². The SMILES string of the molecule is O=C1NCCN1CCNCCCN1CCCC1. The molecule has 0 unspecified atom stereocenters. The van der Waals surface area contributed by atoms with Gasteiger partial charge in [0.15, 0.2) is 0 Å². The van der Waals surface area contributed by atoms with Crippen molar-refractivity contribution in [3.8, 4) is 0 Å². The molecule has 0 aromatic rings. The molecule has 5 heteroatoms. The zero-order chi connectivity index (χ0) is 11.9. The van der Waals surface area contributed by atoms with Gasteiger partial charge in [0.1, 0.15) is 0 Å². The minimum Gasteiger partial charge on any atom is -0.336 e. The van der Waals surface area contributed by atoms with Crippen molar-refractivity contribution in [2.75, 3.05) is 52.4 Å². The summed E-state index contributed by atoms with van der Waals surface area (Å²) in [6, 6.07) is 0.0869. The van der Waals surface area contributed by atoms with E-state index < -0.39 is 0 Å². The number of rotatable bonds is 7. The average Bonchev–Trinajstić information content (AvgIpc) is 2.95. The van der Waals surface area contributed by atoms with Gasteiger partial charge in [-0.15, -0.1) is 0 Å². The van der Waals surface area contributed by atoms with Gasteiger partial charge < -0.3 is 20.4 Å². The molecule has 2 aliphatic heterocycles. The Hall–Kier alpha value is -0.810. The smallest absolute Gasteiger partial charge is 0.317 e. The van der Waals surface area contributed by atoms with E-state index in [-0.39, 0.29) is 6.03 Å². The lowest BCUT2D eigenvalue weighted by Crippen LogP contribution is -2.35. The maximum absolute atomic E-state index is 11.2. The maximum atomic E-state index is 11.2. The van der Waals surface area contributed by atoms with Gasteiger partial charge in [0.25, 0.3) is 0 Å². The molecule has 0 saturated carbocycles. The quantitative estimate of drug-likeness (QED) is 0.620. The van der Waals surface area contributed by atoms with E-state index in [0.29, 0.717) is 0 Å². The van der Waals surface area contributed by atoms with Gasteiger partial charge in [-0.2, -0.15) is 0 Å². The Kier molecular flexibility index (Phi) is 5.07. The van der Waals surface area contributed by atoms with Gasteiger partial charge in [-0.05, 0) is 45.4 Å². The summed E-state index contributed by atoms with van der Waals surface area (Å²) in [5.74, 6) is 0. The first kappa shape index (κ1) is 12.6. The lowest BCUT2D eigenvalue weighted by Gasteiger charge is -2.16. The molecule has 0 atom stereocenters. The van der Waals surface area contributed by atoms with Crippen molar-refractivity contribution in [3.63, 3.8) is 0 Å². The third kappa shape index (κ3) is 4.16. The Morgan fingerprint density at radius 3 is 2.65 bits per heavy atom. The van der Waals surface area contributed by atoms with Gasteiger partial charge in [0.2, 0.25) is 0 Å². The fraction of sp³-hybridized carbons (Fsp3) is 0.917. The van der Waals surface area contributed by atoms with Crippen molar-refractivity contribution in [1.82, 2.24) is 20.4 Å². The number of nitrogens with zero attached hydrogens (tertiary/aromatic N) is 2. The van der Waals surface area contributed by atoms with E-state index in [4.69, 9.17) is 0 Å². The largest absolute Gasteiger partial charge is 0.336 e. The van der Waals surface area contributed by atoms with E-state index in [1.54, 1.807) is 0 Å². The zero-order valence-corrected chi connectivity index (χ0v) is 10.6. The number of carbonyl (C=O) groups is 1. The number of amides is 2. The van der Waals surface area contributed by atoms with Crippen LogP contribution in [0.25, 0.3) is 0 Å². The Labute approximate surface area is 104 Å². The van der Waals surface area contributed by atoms with E-state index >= 15 is 0 Å². The first-order chi connectivity index (χ1) is 8.36. The molecular weight excluding hydrogens is 216 g/mol. The highest BCUT2D eigenvalue weighted by molar-refractivity contribution is 5.76. The molecule has 0 bridgehead atoms. The summed E-state index contributed by atoms with van der Waals surface area (Å²) in [7, 11) is 0. The average molecular weight is 240 g/mol. The zero-order valence-electron chi connectivity index (χ0n) is 10.6. The minimum atomic E-state index is 0.0869. The van der Waals surface area contributed by atoms with Gasteiger partial charge in [-0.25, -0.2) is 4.79 Å². The highest BCUT2D eigenvalue weighted by atomic mass is 16.2. The predicted molar refractivity (Wildman–Crippen MR) is 68.1 cm³/mol. The van der Waals surface area contributed by atoms with Gasteiger partial charge in [0.05, 0.1) is 0 Å². The van der Waals surface area contributed by atoms with Crippen LogP contribution in [0.5, 0.6) is 0 Å². The summed E-state index contributed by atoms with van der Waals surface area (Å²) >= 11 is 0. The lowest BCUT2D eigenvalue weighted by atomic mass is 10.4.